The second-order valence-corrected chi connectivity index (χ2v) is 6.96. The van der Waals surface area contributed by atoms with Gasteiger partial charge in [-0.15, -0.1) is 0 Å². The zero-order valence-electron chi connectivity index (χ0n) is 13.3. The summed E-state index contributed by atoms with van der Waals surface area (Å²) in [5.74, 6) is 0.108. The highest BCUT2D eigenvalue weighted by molar-refractivity contribution is 8.00. The normalized spacial score (nSPS) is 10.6. The maximum Gasteiger partial charge on any atom is 0.158 e. The van der Waals surface area contributed by atoms with Gasteiger partial charge in [0.25, 0.3) is 0 Å². The number of para-hydroxylation sites is 1. The van der Waals surface area contributed by atoms with Gasteiger partial charge in [-0.3, -0.25) is 0 Å². The van der Waals surface area contributed by atoms with Crippen LogP contribution in [0.25, 0.3) is 0 Å². The van der Waals surface area contributed by atoms with Gasteiger partial charge in [0, 0.05) is 4.90 Å². The molecule has 24 heavy (non-hydrogen) atoms. The van der Waals surface area contributed by atoms with Crippen molar-refractivity contribution in [3.63, 3.8) is 0 Å². The van der Waals surface area contributed by atoms with E-state index in [2.05, 4.69) is 35.5 Å². The topological polar surface area (TPSA) is 23.5 Å². The minimum atomic E-state index is 0.108. The molecule has 2 nitrogen and oxygen atoms in total. The molecule has 4 heteroatoms. The summed E-state index contributed by atoms with van der Waals surface area (Å²) in [6, 6.07) is 23.8. The molecule has 0 saturated heterocycles. The number of hydrogen-bond acceptors (Lipinski definition) is 3. The molecular formula is C20H18ClNOS. The second-order valence-electron chi connectivity index (χ2n) is 5.49. The Morgan fingerprint density at radius 2 is 1.62 bits per heavy atom. The van der Waals surface area contributed by atoms with E-state index in [0.717, 1.165) is 10.5 Å². The number of phenols is 1. The smallest absolute Gasteiger partial charge is 0.158 e. The van der Waals surface area contributed by atoms with Crippen molar-refractivity contribution in [3.05, 3.63) is 88.9 Å². The van der Waals surface area contributed by atoms with Crippen molar-refractivity contribution in [1.29, 1.82) is 0 Å². The van der Waals surface area contributed by atoms with Gasteiger partial charge in [0.1, 0.15) is 0 Å². The molecular weight excluding hydrogens is 338 g/mol. The molecule has 0 atom stereocenters. The molecule has 122 valence electrons. The van der Waals surface area contributed by atoms with E-state index in [-0.39, 0.29) is 5.75 Å². The minimum absolute atomic E-state index is 0.108. The summed E-state index contributed by atoms with van der Waals surface area (Å²) in [7, 11) is 0. The Balaban J connectivity index is 1.97. The van der Waals surface area contributed by atoms with Crippen molar-refractivity contribution in [1.82, 2.24) is 0 Å². The van der Waals surface area contributed by atoms with E-state index >= 15 is 0 Å². The highest BCUT2D eigenvalue weighted by Gasteiger charge is 2.16. The van der Waals surface area contributed by atoms with Crippen LogP contribution in [0.4, 0.5) is 5.69 Å². The number of anilines is 1. The number of rotatable bonds is 5. The fourth-order valence-electron chi connectivity index (χ4n) is 2.40. The van der Waals surface area contributed by atoms with E-state index in [1.54, 1.807) is 18.0 Å². The van der Waals surface area contributed by atoms with Gasteiger partial charge in [0.2, 0.25) is 0 Å². The average molecular weight is 356 g/mol. The zero-order valence-corrected chi connectivity index (χ0v) is 14.9. The third kappa shape index (κ3) is 3.86. The number of aromatic hydroxyl groups is 1. The van der Waals surface area contributed by atoms with E-state index in [1.807, 2.05) is 42.5 Å². The summed E-state index contributed by atoms with van der Waals surface area (Å²) in [5.41, 5.74) is 3.07. The number of aryl methyl sites for hydroxylation is 1. The molecule has 3 aromatic rings. The van der Waals surface area contributed by atoms with Crippen LogP contribution in [0.1, 0.15) is 11.1 Å². The number of phenolic OH excluding ortho intramolecular Hbond substituents is 1. The molecule has 0 bridgehead atoms. The molecule has 0 fully saturated rings. The lowest BCUT2D eigenvalue weighted by atomic mass is 10.2. The molecule has 0 radical (unpaired) electrons. The van der Waals surface area contributed by atoms with Crippen molar-refractivity contribution in [2.24, 2.45) is 0 Å². The third-order valence-electron chi connectivity index (χ3n) is 3.71. The zero-order chi connectivity index (χ0) is 16.9. The van der Waals surface area contributed by atoms with E-state index in [4.69, 9.17) is 11.6 Å². The van der Waals surface area contributed by atoms with Gasteiger partial charge in [-0.2, -0.15) is 0 Å². The van der Waals surface area contributed by atoms with Crippen LogP contribution in [0.2, 0.25) is 5.02 Å². The summed E-state index contributed by atoms with van der Waals surface area (Å²) < 4.78 is 2.07. The lowest BCUT2D eigenvalue weighted by Crippen LogP contribution is -2.14. The van der Waals surface area contributed by atoms with Crippen LogP contribution in [0, 0.1) is 6.92 Å². The fourth-order valence-corrected chi connectivity index (χ4v) is 3.62. The maximum atomic E-state index is 10.4. The van der Waals surface area contributed by atoms with Gasteiger partial charge in [-0.05, 0) is 48.2 Å². The summed E-state index contributed by atoms with van der Waals surface area (Å²) in [4.78, 5) is 1.15. The quantitative estimate of drug-likeness (QED) is 0.562. The van der Waals surface area contributed by atoms with Crippen LogP contribution in [-0.4, -0.2) is 5.11 Å². The molecule has 3 aromatic carbocycles. The van der Waals surface area contributed by atoms with Crippen LogP contribution >= 0.6 is 23.5 Å². The van der Waals surface area contributed by atoms with E-state index in [0.29, 0.717) is 17.3 Å². The largest absolute Gasteiger partial charge is 0.504 e. The Bertz CT molecular complexity index is 823. The fraction of sp³-hybridized carbons (Fsp3) is 0.100. The molecule has 0 aliphatic carbocycles. The predicted octanol–water partition coefficient (Wildman–Crippen LogP) is 6.07. The Kier molecular flexibility index (Phi) is 5.34. The number of benzene rings is 3. The monoisotopic (exact) mass is 355 g/mol. The van der Waals surface area contributed by atoms with Crippen molar-refractivity contribution < 1.29 is 5.11 Å². The van der Waals surface area contributed by atoms with Crippen molar-refractivity contribution in [2.45, 2.75) is 18.4 Å². The van der Waals surface area contributed by atoms with Gasteiger partial charge in [0.15, 0.2) is 5.75 Å². The molecule has 0 heterocycles. The van der Waals surface area contributed by atoms with Gasteiger partial charge < -0.3 is 9.41 Å². The highest BCUT2D eigenvalue weighted by atomic mass is 35.5. The Hall–Kier alpha value is -2.10. The number of halogens is 1. The van der Waals surface area contributed by atoms with E-state index < -0.39 is 0 Å². The average Bonchev–Trinajstić information content (AvgIpc) is 2.60. The standard InChI is InChI=1S/C20H18ClNOS/c1-15-8-5-6-13-19(15)24-22(14-16-9-3-2-4-10-16)18-12-7-11-17(21)20(18)23/h2-13,23H,14H2,1H3. The van der Waals surface area contributed by atoms with Crippen LogP contribution in [0.3, 0.4) is 0 Å². The van der Waals surface area contributed by atoms with E-state index in [9.17, 15) is 5.11 Å². The molecule has 0 aliphatic rings. The van der Waals surface area contributed by atoms with Crippen molar-refractivity contribution in [3.8, 4) is 5.75 Å². The molecule has 0 aliphatic heterocycles. The first kappa shape index (κ1) is 16.7. The molecule has 1 N–H and O–H groups in total. The second kappa shape index (κ2) is 7.65. The van der Waals surface area contributed by atoms with Crippen LogP contribution in [0.5, 0.6) is 5.75 Å². The van der Waals surface area contributed by atoms with Crippen LogP contribution in [-0.2, 0) is 6.54 Å². The van der Waals surface area contributed by atoms with Gasteiger partial charge in [0.05, 0.1) is 17.3 Å². The van der Waals surface area contributed by atoms with Gasteiger partial charge in [-0.25, -0.2) is 0 Å². The van der Waals surface area contributed by atoms with Crippen molar-refractivity contribution in [2.75, 3.05) is 4.31 Å². The minimum Gasteiger partial charge on any atom is -0.504 e. The third-order valence-corrected chi connectivity index (χ3v) is 5.21. The van der Waals surface area contributed by atoms with Crippen LogP contribution in [0.15, 0.2) is 77.7 Å². The van der Waals surface area contributed by atoms with Gasteiger partial charge >= 0.3 is 0 Å². The number of hydrogen-bond donors (Lipinski definition) is 1. The lowest BCUT2D eigenvalue weighted by molar-refractivity contribution is 0.476. The Labute approximate surface area is 151 Å². The molecule has 0 saturated carbocycles. The molecule has 0 aromatic heterocycles. The molecule has 0 amide bonds. The molecule has 0 unspecified atom stereocenters. The summed E-state index contributed by atoms with van der Waals surface area (Å²) in [5, 5.41) is 10.8. The summed E-state index contributed by atoms with van der Waals surface area (Å²) in [6.45, 7) is 2.74. The highest BCUT2D eigenvalue weighted by Crippen LogP contribution is 2.40. The number of nitrogens with zero attached hydrogens (tertiary/aromatic N) is 1. The molecule has 3 rings (SSSR count). The first-order valence-electron chi connectivity index (χ1n) is 7.67. The Morgan fingerprint density at radius 3 is 2.38 bits per heavy atom. The van der Waals surface area contributed by atoms with Crippen molar-refractivity contribution >= 4 is 29.2 Å². The Morgan fingerprint density at radius 1 is 0.917 bits per heavy atom. The lowest BCUT2D eigenvalue weighted by Gasteiger charge is -2.25. The van der Waals surface area contributed by atoms with Crippen LogP contribution < -0.4 is 4.31 Å². The first-order chi connectivity index (χ1) is 11.6. The van der Waals surface area contributed by atoms with Gasteiger partial charge in [-0.1, -0.05) is 66.2 Å². The molecule has 0 spiro atoms. The predicted molar refractivity (Wildman–Crippen MR) is 103 cm³/mol. The SMILES string of the molecule is Cc1ccccc1SN(Cc1ccccc1)c1cccc(Cl)c1O. The summed E-state index contributed by atoms with van der Waals surface area (Å²) in [6.07, 6.45) is 0. The van der Waals surface area contributed by atoms with E-state index in [1.165, 1.54) is 5.56 Å². The summed E-state index contributed by atoms with van der Waals surface area (Å²) >= 11 is 7.71. The first-order valence-corrected chi connectivity index (χ1v) is 8.83. The maximum absolute atomic E-state index is 10.4.